The predicted octanol–water partition coefficient (Wildman–Crippen LogP) is 3.78. The van der Waals surface area contributed by atoms with Crippen molar-refractivity contribution >= 4 is 5.69 Å². The lowest BCUT2D eigenvalue weighted by molar-refractivity contribution is -0.137. The summed E-state index contributed by atoms with van der Waals surface area (Å²) in [5, 5.41) is 0. The fourth-order valence-corrected chi connectivity index (χ4v) is 1.48. The van der Waals surface area contributed by atoms with Gasteiger partial charge in [0.15, 0.2) is 5.75 Å². The third-order valence-corrected chi connectivity index (χ3v) is 2.44. The van der Waals surface area contributed by atoms with Crippen molar-refractivity contribution in [3.63, 3.8) is 0 Å². The molecule has 0 radical (unpaired) electrons. The number of hydrogen-bond acceptors (Lipinski definition) is 3. The van der Waals surface area contributed by atoms with Gasteiger partial charge in [0.1, 0.15) is 0 Å². The van der Waals surface area contributed by atoms with Crippen LogP contribution in [0.25, 0.3) is 0 Å². The lowest BCUT2D eigenvalue weighted by Crippen LogP contribution is -2.05. The van der Waals surface area contributed by atoms with Crippen molar-refractivity contribution in [2.75, 3.05) is 5.73 Å². The zero-order valence-corrected chi connectivity index (χ0v) is 10.0. The second-order valence-corrected chi connectivity index (χ2v) is 4.03. The Hall–Kier alpha value is -2.24. The molecule has 2 rings (SSSR count). The molecular formula is C13H11F3N2O. The summed E-state index contributed by atoms with van der Waals surface area (Å²) >= 11 is 0. The molecule has 0 unspecified atom stereocenters. The molecule has 0 spiro atoms. The van der Waals surface area contributed by atoms with Gasteiger partial charge in [0.25, 0.3) is 0 Å². The van der Waals surface area contributed by atoms with E-state index in [0.717, 1.165) is 23.9 Å². The standard InChI is InChI=1S/C13H11F3N2O/c1-8-2-4-11(10(17)6-8)19-12-5-3-9(7-18-12)13(14,15)16/h2-7H,17H2,1H3. The number of ether oxygens (including phenoxy) is 1. The van der Waals surface area contributed by atoms with Gasteiger partial charge >= 0.3 is 6.18 Å². The smallest absolute Gasteiger partial charge is 0.417 e. The van der Waals surface area contributed by atoms with E-state index in [1.807, 2.05) is 6.92 Å². The number of alkyl halides is 3. The molecular weight excluding hydrogens is 257 g/mol. The number of aryl methyl sites for hydroxylation is 1. The highest BCUT2D eigenvalue weighted by Gasteiger charge is 2.30. The van der Waals surface area contributed by atoms with Crippen LogP contribution in [-0.2, 0) is 6.18 Å². The van der Waals surface area contributed by atoms with E-state index in [1.165, 1.54) is 0 Å². The highest BCUT2D eigenvalue weighted by Crippen LogP contribution is 2.31. The highest BCUT2D eigenvalue weighted by atomic mass is 19.4. The first-order valence-corrected chi connectivity index (χ1v) is 5.43. The van der Waals surface area contributed by atoms with Crippen molar-refractivity contribution in [1.82, 2.24) is 4.98 Å². The molecule has 0 aliphatic rings. The molecule has 1 heterocycles. The third-order valence-electron chi connectivity index (χ3n) is 2.44. The first-order valence-electron chi connectivity index (χ1n) is 5.43. The number of nitrogens with zero attached hydrogens (tertiary/aromatic N) is 1. The van der Waals surface area contributed by atoms with Crippen LogP contribution in [0.5, 0.6) is 11.6 Å². The summed E-state index contributed by atoms with van der Waals surface area (Å²) in [5.41, 5.74) is 6.28. The van der Waals surface area contributed by atoms with Gasteiger partial charge in [0.2, 0.25) is 5.88 Å². The van der Waals surface area contributed by atoms with Gasteiger partial charge < -0.3 is 10.5 Å². The first-order chi connectivity index (χ1) is 8.86. The molecule has 2 N–H and O–H groups in total. The Morgan fingerprint density at radius 2 is 1.89 bits per heavy atom. The average Bonchev–Trinajstić information content (AvgIpc) is 2.32. The van der Waals surface area contributed by atoms with Crippen LogP contribution in [0, 0.1) is 6.92 Å². The zero-order valence-electron chi connectivity index (χ0n) is 10.0. The fraction of sp³-hybridized carbons (Fsp3) is 0.154. The topological polar surface area (TPSA) is 48.1 Å². The van der Waals surface area contributed by atoms with Gasteiger partial charge in [-0.3, -0.25) is 0 Å². The van der Waals surface area contributed by atoms with Gasteiger partial charge in [-0.1, -0.05) is 6.07 Å². The fourth-order valence-electron chi connectivity index (χ4n) is 1.48. The Balaban J connectivity index is 2.20. The molecule has 1 aromatic heterocycles. The molecule has 3 nitrogen and oxygen atoms in total. The summed E-state index contributed by atoms with van der Waals surface area (Å²) < 4.78 is 42.4. The van der Waals surface area contributed by atoms with E-state index in [1.54, 1.807) is 18.2 Å². The number of anilines is 1. The second kappa shape index (κ2) is 4.79. The van der Waals surface area contributed by atoms with Crippen molar-refractivity contribution in [1.29, 1.82) is 0 Å². The van der Waals surface area contributed by atoms with Gasteiger partial charge in [0, 0.05) is 12.3 Å². The SMILES string of the molecule is Cc1ccc(Oc2ccc(C(F)(F)F)cn2)c(N)c1. The van der Waals surface area contributed by atoms with Crippen LogP contribution in [0.2, 0.25) is 0 Å². The largest absolute Gasteiger partial charge is 0.437 e. The van der Waals surface area contributed by atoms with E-state index < -0.39 is 11.7 Å². The van der Waals surface area contributed by atoms with Crippen LogP contribution >= 0.6 is 0 Å². The summed E-state index contributed by atoms with van der Waals surface area (Å²) in [7, 11) is 0. The van der Waals surface area contributed by atoms with Crippen molar-refractivity contribution in [2.45, 2.75) is 13.1 Å². The van der Waals surface area contributed by atoms with Crippen molar-refractivity contribution in [3.05, 3.63) is 47.7 Å². The van der Waals surface area contributed by atoms with Crippen LogP contribution in [0.1, 0.15) is 11.1 Å². The number of nitrogens with two attached hydrogens (primary N) is 1. The quantitative estimate of drug-likeness (QED) is 0.843. The Labute approximate surface area is 107 Å². The maximum Gasteiger partial charge on any atom is 0.417 e. The number of hydrogen-bond donors (Lipinski definition) is 1. The predicted molar refractivity (Wildman–Crippen MR) is 64.9 cm³/mol. The van der Waals surface area contributed by atoms with Crippen LogP contribution in [0.3, 0.4) is 0 Å². The zero-order chi connectivity index (χ0) is 14.0. The molecule has 0 aliphatic carbocycles. The summed E-state index contributed by atoms with van der Waals surface area (Å²) in [6, 6.07) is 7.20. The van der Waals surface area contributed by atoms with Gasteiger partial charge in [-0.05, 0) is 30.7 Å². The molecule has 0 saturated carbocycles. The van der Waals surface area contributed by atoms with Crippen molar-refractivity contribution in [3.8, 4) is 11.6 Å². The number of aromatic nitrogens is 1. The maximum absolute atomic E-state index is 12.4. The molecule has 0 bridgehead atoms. The van der Waals surface area contributed by atoms with Crippen LogP contribution in [-0.4, -0.2) is 4.98 Å². The van der Waals surface area contributed by atoms with E-state index >= 15 is 0 Å². The first kappa shape index (κ1) is 13.2. The van der Waals surface area contributed by atoms with E-state index in [-0.39, 0.29) is 5.88 Å². The Bertz CT molecular complexity index is 579. The van der Waals surface area contributed by atoms with Gasteiger partial charge in [-0.25, -0.2) is 4.98 Å². The summed E-state index contributed by atoms with van der Waals surface area (Å²) in [4.78, 5) is 3.61. The van der Waals surface area contributed by atoms with E-state index in [2.05, 4.69) is 4.98 Å². The lowest BCUT2D eigenvalue weighted by atomic mass is 10.2. The molecule has 0 amide bonds. The molecule has 0 aliphatic heterocycles. The summed E-state index contributed by atoms with van der Waals surface area (Å²) in [5.74, 6) is 0.418. The van der Waals surface area contributed by atoms with Gasteiger partial charge in [-0.2, -0.15) is 13.2 Å². The van der Waals surface area contributed by atoms with Gasteiger partial charge in [0.05, 0.1) is 11.3 Å². The number of nitrogen functional groups attached to an aromatic ring is 1. The molecule has 0 saturated heterocycles. The van der Waals surface area contributed by atoms with E-state index in [4.69, 9.17) is 10.5 Å². The molecule has 19 heavy (non-hydrogen) atoms. The van der Waals surface area contributed by atoms with Crippen LogP contribution in [0.15, 0.2) is 36.5 Å². The summed E-state index contributed by atoms with van der Waals surface area (Å²) in [6.45, 7) is 1.87. The van der Waals surface area contributed by atoms with Crippen LogP contribution in [0.4, 0.5) is 18.9 Å². The summed E-state index contributed by atoms with van der Waals surface area (Å²) in [6.07, 6.45) is -3.69. The lowest BCUT2D eigenvalue weighted by Gasteiger charge is -2.09. The third kappa shape index (κ3) is 3.15. The molecule has 1 aromatic carbocycles. The molecule has 6 heteroatoms. The minimum Gasteiger partial charge on any atom is -0.437 e. The normalized spacial score (nSPS) is 11.4. The number of benzene rings is 1. The average molecular weight is 268 g/mol. The minimum absolute atomic E-state index is 0.0588. The molecule has 0 fully saturated rings. The Kier molecular flexibility index (Phi) is 3.33. The molecule has 100 valence electrons. The highest BCUT2D eigenvalue weighted by molar-refractivity contribution is 5.55. The van der Waals surface area contributed by atoms with E-state index in [9.17, 15) is 13.2 Å². The van der Waals surface area contributed by atoms with Gasteiger partial charge in [-0.15, -0.1) is 0 Å². The monoisotopic (exact) mass is 268 g/mol. The minimum atomic E-state index is -4.41. The van der Waals surface area contributed by atoms with E-state index in [0.29, 0.717) is 11.4 Å². The van der Waals surface area contributed by atoms with Crippen molar-refractivity contribution in [2.24, 2.45) is 0 Å². The number of halogens is 3. The van der Waals surface area contributed by atoms with Crippen molar-refractivity contribution < 1.29 is 17.9 Å². The number of rotatable bonds is 2. The Morgan fingerprint density at radius 1 is 1.16 bits per heavy atom. The molecule has 2 aromatic rings. The van der Waals surface area contributed by atoms with Crippen LogP contribution < -0.4 is 10.5 Å². The maximum atomic E-state index is 12.4. The number of pyridine rings is 1. The Morgan fingerprint density at radius 3 is 2.42 bits per heavy atom. The molecule has 0 atom stereocenters. The second-order valence-electron chi connectivity index (χ2n) is 4.03.